The van der Waals surface area contributed by atoms with Crippen molar-refractivity contribution in [2.45, 2.75) is 43.4 Å². The Kier molecular flexibility index (Phi) is 6.10. The van der Waals surface area contributed by atoms with Gasteiger partial charge in [0.1, 0.15) is 17.3 Å². The number of ether oxygens (including phenoxy) is 1. The third kappa shape index (κ3) is 4.29. The van der Waals surface area contributed by atoms with Crippen LogP contribution in [0, 0.1) is 26.6 Å². The SMILES string of the molecule is COc1ccc(C)cc1[C@]1(C(=O)CS(=O)(=O)c2cccc3nc(C)ccc23)C[C@@H]1c1cnc(C)c(F)c1. The van der Waals surface area contributed by atoms with Crippen molar-refractivity contribution >= 4 is 26.5 Å². The normalized spacial score (nSPS) is 19.1. The van der Waals surface area contributed by atoms with Crippen molar-refractivity contribution in [3.05, 3.63) is 94.7 Å². The summed E-state index contributed by atoms with van der Waals surface area (Å²) in [6, 6.07) is 15.2. The number of nitrogens with zero attached hydrogens (tertiary/aromatic N) is 2. The highest BCUT2D eigenvalue weighted by molar-refractivity contribution is 7.92. The van der Waals surface area contributed by atoms with Gasteiger partial charge in [-0.05, 0) is 69.2 Å². The van der Waals surface area contributed by atoms with Crippen molar-refractivity contribution in [2.75, 3.05) is 12.9 Å². The average Bonchev–Trinajstić information content (AvgIpc) is 3.62. The minimum atomic E-state index is -4.02. The van der Waals surface area contributed by atoms with Gasteiger partial charge in [0, 0.05) is 28.8 Å². The van der Waals surface area contributed by atoms with E-state index in [1.807, 2.05) is 26.0 Å². The Labute approximate surface area is 215 Å². The summed E-state index contributed by atoms with van der Waals surface area (Å²) in [5, 5.41) is 0.472. The molecule has 2 heterocycles. The maximum atomic E-state index is 14.4. The molecule has 6 nitrogen and oxygen atoms in total. The van der Waals surface area contributed by atoms with E-state index in [2.05, 4.69) is 9.97 Å². The van der Waals surface area contributed by atoms with Crippen LogP contribution >= 0.6 is 0 Å². The summed E-state index contributed by atoms with van der Waals surface area (Å²) in [7, 11) is -2.51. The summed E-state index contributed by atoms with van der Waals surface area (Å²) in [4.78, 5) is 22.7. The van der Waals surface area contributed by atoms with Gasteiger partial charge in [0.05, 0.1) is 28.6 Å². The van der Waals surface area contributed by atoms with Gasteiger partial charge >= 0.3 is 0 Å². The van der Waals surface area contributed by atoms with Crippen LogP contribution in [-0.2, 0) is 20.0 Å². The highest BCUT2D eigenvalue weighted by atomic mass is 32.2. The molecule has 4 aromatic rings. The molecule has 2 aromatic carbocycles. The highest BCUT2D eigenvalue weighted by Gasteiger charge is 2.63. The van der Waals surface area contributed by atoms with E-state index in [1.54, 1.807) is 43.5 Å². The lowest BCUT2D eigenvalue weighted by molar-refractivity contribution is -0.119. The van der Waals surface area contributed by atoms with Crippen LogP contribution in [0.3, 0.4) is 0 Å². The molecule has 0 saturated heterocycles. The molecule has 2 aromatic heterocycles. The maximum absolute atomic E-state index is 14.4. The van der Waals surface area contributed by atoms with Crippen LogP contribution in [0.5, 0.6) is 5.75 Å². The number of aryl methyl sites for hydroxylation is 3. The zero-order valence-corrected chi connectivity index (χ0v) is 21.9. The number of pyridine rings is 2. The van der Waals surface area contributed by atoms with Crippen molar-refractivity contribution in [3.63, 3.8) is 0 Å². The van der Waals surface area contributed by atoms with Crippen LogP contribution in [0.4, 0.5) is 4.39 Å². The molecule has 0 spiro atoms. The minimum absolute atomic E-state index is 0.0671. The van der Waals surface area contributed by atoms with Crippen molar-refractivity contribution in [2.24, 2.45) is 0 Å². The minimum Gasteiger partial charge on any atom is -0.496 e. The molecule has 0 bridgehead atoms. The van der Waals surface area contributed by atoms with Crippen LogP contribution < -0.4 is 4.74 Å². The first-order valence-electron chi connectivity index (χ1n) is 12.0. The predicted molar refractivity (Wildman–Crippen MR) is 139 cm³/mol. The zero-order chi connectivity index (χ0) is 26.5. The molecular weight excluding hydrogens is 491 g/mol. The van der Waals surface area contributed by atoms with Gasteiger partial charge < -0.3 is 4.74 Å². The molecule has 190 valence electrons. The van der Waals surface area contributed by atoms with Gasteiger partial charge in [0.15, 0.2) is 15.6 Å². The first-order chi connectivity index (χ1) is 17.6. The smallest absolute Gasteiger partial charge is 0.186 e. The van der Waals surface area contributed by atoms with Crippen LogP contribution in [0.15, 0.2) is 65.7 Å². The van der Waals surface area contributed by atoms with E-state index >= 15 is 0 Å². The molecule has 1 saturated carbocycles. The summed E-state index contributed by atoms with van der Waals surface area (Å²) < 4.78 is 47.3. The van der Waals surface area contributed by atoms with E-state index in [1.165, 1.54) is 19.2 Å². The second-order valence-electron chi connectivity index (χ2n) is 9.73. The van der Waals surface area contributed by atoms with Gasteiger partial charge in [-0.2, -0.15) is 0 Å². The largest absolute Gasteiger partial charge is 0.496 e. The fraction of sp³-hybridized carbons (Fsp3) is 0.276. The van der Waals surface area contributed by atoms with Gasteiger partial charge in [0.2, 0.25) is 0 Å². The molecule has 0 aliphatic heterocycles. The number of halogens is 1. The predicted octanol–water partition coefficient (Wildman–Crippen LogP) is 5.17. The van der Waals surface area contributed by atoms with Gasteiger partial charge in [-0.15, -0.1) is 0 Å². The number of benzene rings is 2. The van der Waals surface area contributed by atoms with Crippen molar-refractivity contribution < 1.29 is 22.3 Å². The Bertz CT molecular complexity index is 1670. The molecular formula is C29H27FN2O4S. The molecule has 0 radical (unpaired) electrons. The standard InChI is InChI=1S/C29H27FN2O4S/c1-17-8-11-26(36-4)22(12-17)29(14-23(29)20-13-24(30)19(3)31-15-20)28(33)16-37(34,35)27-7-5-6-25-21(27)10-9-18(2)32-25/h5-13,15,23H,14,16H2,1-4H3/t23-,29-/m1/s1. The van der Waals surface area contributed by atoms with Crippen molar-refractivity contribution in [1.29, 1.82) is 0 Å². The van der Waals surface area contributed by atoms with E-state index in [0.29, 0.717) is 34.2 Å². The van der Waals surface area contributed by atoms with E-state index in [9.17, 15) is 17.6 Å². The number of hydrogen-bond donors (Lipinski definition) is 0. The summed E-state index contributed by atoms with van der Waals surface area (Å²) >= 11 is 0. The summed E-state index contributed by atoms with van der Waals surface area (Å²) in [6.45, 7) is 5.30. The Morgan fingerprint density at radius 1 is 1.11 bits per heavy atom. The monoisotopic (exact) mass is 518 g/mol. The fourth-order valence-corrected chi connectivity index (χ4v) is 6.73. The molecule has 0 N–H and O–H groups in total. The van der Waals surface area contributed by atoms with Gasteiger partial charge in [-0.3, -0.25) is 14.8 Å². The molecule has 37 heavy (non-hydrogen) atoms. The third-order valence-corrected chi connectivity index (χ3v) is 8.90. The molecule has 5 rings (SSSR count). The van der Waals surface area contributed by atoms with Crippen LogP contribution in [-0.4, -0.2) is 37.0 Å². The lowest BCUT2D eigenvalue weighted by atomic mass is 9.86. The second-order valence-corrected chi connectivity index (χ2v) is 11.7. The Hall–Kier alpha value is -3.65. The molecule has 0 amide bonds. The summed E-state index contributed by atoms with van der Waals surface area (Å²) in [5.41, 5.74) is 2.47. The number of aromatic nitrogens is 2. The van der Waals surface area contributed by atoms with Crippen LogP contribution in [0.25, 0.3) is 10.9 Å². The Morgan fingerprint density at radius 2 is 1.89 bits per heavy atom. The summed E-state index contributed by atoms with van der Waals surface area (Å²) in [5.74, 6) is -1.56. The van der Waals surface area contributed by atoms with E-state index in [4.69, 9.17) is 4.74 Å². The quantitative estimate of drug-likeness (QED) is 0.336. The average molecular weight is 519 g/mol. The number of rotatable bonds is 7. The lowest BCUT2D eigenvalue weighted by Crippen LogP contribution is -2.30. The second kappa shape index (κ2) is 9.03. The number of methoxy groups -OCH3 is 1. The molecule has 8 heteroatoms. The third-order valence-electron chi connectivity index (χ3n) is 7.23. The zero-order valence-electron chi connectivity index (χ0n) is 21.1. The van der Waals surface area contributed by atoms with E-state index in [-0.39, 0.29) is 10.6 Å². The number of Topliss-reactive ketones (excluding diaryl/α,β-unsaturated/α-hetero) is 1. The molecule has 0 unspecified atom stereocenters. The van der Waals surface area contributed by atoms with Crippen molar-refractivity contribution in [1.82, 2.24) is 9.97 Å². The first-order valence-corrected chi connectivity index (χ1v) is 13.6. The van der Waals surface area contributed by atoms with Crippen molar-refractivity contribution in [3.8, 4) is 5.75 Å². The number of hydrogen-bond acceptors (Lipinski definition) is 6. The number of sulfone groups is 1. The lowest BCUT2D eigenvalue weighted by Gasteiger charge is -2.21. The fourth-order valence-electron chi connectivity index (χ4n) is 5.18. The maximum Gasteiger partial charge on any atom is 0.186 e. The molecule has 1 aliphatic carbocycles. The Balaban J connectivity index is 1.60. The van der Waals surface area contributed by atoms with Crippen LogP contribution in [0.1, 0.15) is 40.4 Å². The topological polar surface area (TPSA) is 86.2 Å². The first kappa shape index (κ1) is 25.0. The molecule has 1 aliphatic rings. The Morgan fingerprint density at radius 3 is 2.62 bits per heavy atom. The number of carbonyl (C=O) groups excluding carboxylic acids is 1. The molecule has 2 atom stereocenters. The van der Waals surface area contributed by atoms with Gasteiger partial charge in [-0.1, -0.05) is 23.8 Å². The van der Waals surface area contributed by atoms with E-state index < -0.39 is 38.5 Å². The highest BCUT2D eigenvalue weighted by Crippen LogP contribution is 2.63. The molecule has 1 fully saturated rings. The van der Waals surface area contributed by atoms with Gasteiger partial charge in [0.25, 0.3) is 0 Å². The number of fused-ring (bicyclic) bond motifs is 1. The van der Waals surface area contributed by atoms with E-state index in [0.717, 1.165) is 11.3 Å². The summed E-state index contributed by atoms with van der Waals surface area (Å²) in [6.07, 6.45) is 1.90. The number of carbonyl (C=O) groups is 1. The van der Waals surface area contributed by atoms with Crippen LogP contribution in [0.2, 0.25) is 0 Å². The van der Waals surface area contributed by atoms with Gasteiger partial charge in [-0.25, -0.2) is 12.8 Å². The number of ketones is 1.